The van der Waals surface area contributed by atoms with Crippen molar-refractivity contribution in [3.8, 4) is 0 Å². The minimum atomic E-state index is 0.375. The molecular weight excluding hydrogens is 274 g/mol. The van der Waals surface area contributed by atoms with Gasteiger partial charge in [-0.2, -0.15) is 0 Å². The van der Waals surface area contributed by atoms with Crippen molar-refractivity contribution >= 4 is 43.8 Å². The monoisotopic (exact) mass is 276 g/mol. The molecule has 0 spiro atoms. The zero-order chi connectivity index (χ0) is 8.43. The van der Waals surface area contributed by atoms with Gasteiger partial charge in [0.25, 0.3) is 0 Å². The number of benzene rings is 1. The zero-order valence-electron chi connectivity index (χ0n) is 5.40. The molecule has 0 aliphatic heterocycles. The third kappa shape index (κ3) is 1.62. The molecule has 1 radical (unpaired) electrons. The van der Waals surface area contributed by atoms with Crippen LogP contribution in [0.25, 0.3) is 0 Å². The summed E-state index contributed by atoms with van der Waals surface area (Å²) in [6.07, 6.45) is 1.74. The summed E-state index contributed by atoms with van der Waals surface area (Å²) in [5, 5.41) is 0. The molecule has 0 saturated carbocycles. The predicted molar refractivity (Wildman–Crippen MR) is 51.0 cm³/mol. The third-order valence-corrected chi connectivity index (χ3v) is 3.29. The highest BCUT2D eigenvalue weighted by Crippen LogP contribution is 2.30. The van der Waals surface area contributed by atoms with E-state index in [0.29, 0.717) is 15.7 Å². The summed E-state index contributed by atoms with van der Waals surface area (Å²) in [5.41, 5.74) is 6.34. The molecule has 4 heteroatoms. The van der Waals surface area contributed by atoms with E-state index in [9.17, 15) is 4.79 Å². The van der Waals surface area contributed by atoms with E-state index >= 15 is 0 Å². The Morgan fingerprint density at radius 2 is 2.00 bits per heavy atom. The maximum absolute atomic E-state index is 10.2. The molecule has 1 aromatic rings. The van der Waals surface area contributed by atoms with Crippen LogP contribution in [0.4, 0.5) is 5.69 Å². The molecule has 57 valence electrons. The molecule has 2 N–H and O–H groups in total. The number of hydrogen-bond donors (Lipinski definition) is 1. The molecule has 0 aliphatic carbocycles. The molecule has 1 aromatic carbocycles. The Hall–Kier alpha value is -0.350. The van der Waals surface area contributed by atoms with Gasteiger partial charge in [-0.1, -0.05) is 0 Å². The Balaban J connectivity index is 3.36. The molecule has 0 bridgehead atoms. The van der Waals surface area contributed by atoms with Crippen molar-refractivity contribution in [2.24, 2.45) is 0 Å². The fourth-order valence-electron chi connectivity index (χ4n) is 0.655. The molecule has 0 fully saturated rings. The second-order valence-corrected chi connectivity index (χ2v) is 3.57. The minimum Gasteiger partial charge on any atom is -0.397 e. The molecular formula is C7H4Br2NO. The fourth-order valence-corrected chi connectivity index (χ4v) is 1.35. The second-order valence-electron chi connectivity index (χ2n) is 1.92. The van der Waals surface area contributed by atoms with E-state index in [1.165, 1.54) is 0 Å². The Morgan fingerprint density at radius 3 is 2.55 bits per heavy atom. The Morgan fingerprint density at radius 1 is 1.36 bits per heavy atom. The summed E-state index contributed by atoms with van der Waals surface area (Å²) in [6.45, 7) is 0. The van der Waals surface area contributed by atoms with E-state index in [-0.39, 0.29) is 0 Å². The highest BCUT2D eigenvalue weighted by molar-refractivity contribution is 9.13. The fraction of sp³-hybridized carbons (Fsp3) is 0. The summed E-state index contributed by atoms with van der Waals surface area (Å²) in [4.78, 5) is 10.2. The largest absolute Gasteiger partial charge is 0.397 e. The van der Waals surface area contributed by atoms with Crippen molar-refractivity contribution in [2.45, 2.75) is 0 Å². The second kappa shape index (κ2) is 3.36. The lowest BCUT2D eigenvalue weighted by atomic mass is 10.2. The summed E-state index contributed by atoms with van der Waals surface area (Å²) in [7, 11) is 0. The van der Waals surface area contributed by atoms with Gasteiger partial charge in [-0.25, -0.2) is 0 Å². The van der Waals surface area contributed by atoms with Crippen LogP contribution >= 0.6 is 31.9 Å². The molecule has 11 heavy (non-hydrogen) atoms. The standard InChI is InChI=1S/C7H4Br2NO/c8-5-2-1-4(3-11)7(10)6(5)9/h1-2H,10H2. The first-order valence-corrected chi connectivity index (χ1v) is 4.37. The highest BCUT2D eigenvalue weighted by atomic mass is 79.9. The van der Waals surface area contributed by atoms with Gasteiger partial charge in [0.15, 0.2) is 0 Å². The quantitative estimate of drug-likeness (QED) is 0.800. The van der Waals surface area contributed by atoms with Gasteiger partial charge in [-0.3, -0.25) is 4.79 Å². The molecule has 2 nitrogen and oxygen atoms in total. The Kier molecular flexibility index (Phi) is 2.67. The molecule has 0 amide bonds. The lowest BCUT2D eigenvalue weighted by Gasteiger charge is -2.01. The van der Waals surface area contributed by atoms with Crippen LogP contribution in [-0.2, 0) is 4.79 Å². The maximum Gasteiger partial charge on any atom is 0.235 e. The van der Waals surface area contributed by atoms with Crippen molar-refractivity contribution in [1.29, 1.82) is 0 Å². The Bertz CT molecular complexity index is 299. The van der Waals surface area contributed by atoms with Crippen LogP contribution < -0.4 is 5.73 Å². The average Bonchev–Trinajstić information content (AvgIpc) is 2.01. The first-order chi connectivity index (χ1) is 5.16. The van der Waals surface area contributed by atoms with Crippen LogP contribution in [0.2, 0.25) is 0 Å². The smallest absolute Gasteiger partial charge is 0.235 e. The van der Waals surface area contributed by atoms with Gasteiger partial charge in [0.2, 0.25) is 6.29 Å². The van der Waals surface area contributed by atoms with Gasteiger partial charge in [-0.05, 0) is 44.0 Å². The van der Waals surface area contributed by atoms with Gasteiger partial charge in [0, 0.05) is 4.47 Å². The van der Waals surface area contributed by atoms with Crippen LogP contribution in [0, 0.1) is 0 Å². The number of anilines is 1. The first kappa shape index (κ1) is 8.74. The van der Waals surface area contributed by atoms with Crippen molar-refractivity contribution in [2.75, 3.05) is 5.73 Å². The van der Waals surface area contributed by atoms with Crippen LogP contribution in [0.15, 0.2) is 21.1 Å². The van der Waals surface area contributed by atoms with Crippen LogP contribution in [0.3, 0.4) is 0 Å². The van der Waals surface area contributed by atoms with Gasteiger partial charge in [-0.15, -0.1) is 0 Å². The number of rotatable bonds is 1. The van der Waals surface area contributed by atoms with Crippen molar-refractivity contribution < 1.29 is 4.79 Å². The molecule has 0 aliphatic rings. The zero-order valence-corrected chi connectivity index (χ0v) is 8.57. The molecule has 0 saturated heterocycles. The highest BCUT2D eigenvalue weighted by Gasteiger charge is 2.05. The summed E-state index contributed by atoms with van der Waals surface area (Å²) < 4.78 is 1.52. The number of carbonyl (C=O) groups excluding carboxylic acids is 1. The summed E-state index contributed by atoms with van der Waals surface area (Å²) >= 11 is 6.47. The van der Waals surface area contributed by atoms with Gasteiger partial charge in [0.05, 0.1) is 15.7 Å². The number of halogens is 2. The topological polar surface area (TPSA) is 43.1 Å². The van der Waals surface area contributed by atoms with Crippen molar-refractivity contribution in [1.82, 2.24) is 0 Å². The van der Waals surface area contributed by atoms with Gasteiger partial charge in [0.1, 0.15) is 0 Å². The van der Waals surface area contributed by atoms with E-state index in [0.717, 1.165) is 4.47 Å². The van der Waals surface area contributed by atoms with E-state index in [4.69, 9.17) is 5.73 Å². The van der Waals surface area contributed by atoms with E-state index in [2.05, 4.69) is 31.9 Å². The molecule has 0 atom stereocenters. The lowest BCUT2D eigenvalue weighted by Crippen LogP contribution is -1.94. The molecule has 1 rings (SSSR count). The molecule has 0 unspecified atom stereocenters. The van der Waals surface area contributed by atoms with Crippen molar-refractivity contribution in [3.63, 3.8) is 0 Å². The van der Waals surface area contributed by atoms with Crippen LogP contribution in [0.1, 0.15) is 5.56 Å². The normalized spacial score (nSPS) is 9.64. The third-order valence-electron chi connectivity index (χ3n) is 1.24. The predicted octanol–water partition coefficient (Wildman–Crippen LogP) is 2.25. The maximum atomic E-state index is 10.2. The van der Waals surface area contributed by atoms with E-state index < -0.39 is 0 Å². The number of hydrogen-bond acceptors (Lipinski definition) is 2. The molecule has 0 aromatic heterocycles. The van der Waals surface area contributed by atoms with E-state index in [1.54, 1.807) is 18.4 Å². The SMILES string of the molecule is Nc1c([C]=O)ccc(Br)c1Br. The summed E-state index contributed by atoms with van der Waals surface area (Å²) in [5.74, 6) is 0. The van der Waals surface area contributed by atoms with E-state index in [1.807, 2.05) is 0 Å². The number of nitrogens with two attached hydrogens (primary N) is 1. The minimum absolute atomic E-state index is 0.375. The average molecular weight is 278 g/mol. The summed E-state index contributed by atoms with van der Waals surface area (Å²) in [6, 6.07) is 3.35. The van der Waals surface area contributed by atoms with Gasteiger partial charge < -0.3 is 5.73 Å². The Labute approximate surface area is 81.0 Å². The lowest BCUT2D eigenvalue weighted by molar-refractivity contribution is 0.563. The first-order valence-electron chi connectivity index (χ1n) is 2.78. The van der Waals surface area contributed by atoms with Crippen LogP contribution in [0.5, 0.6) is 0 Å². The van der Waals surface area contributed by atoms with Crippen molar-refractivity contribution in [3.05, 3.63) is 26.6 Å². The van der Waals surface area contributed by atoms with Crippen LogP contribution in [-0.4, -0.2) is 6.29 Å². The number of nitrogen functional groups attached to an aromatic ring is 1. The van der Waals surface area contributed by atoms with Gasteiger partial charge >= 0.3 is 0 Å². The molecule has 0 heterocycles.